The minimum Gasteiger partial charge on any atom is -0.462 e. The van der Waals surface area contributed by atoms with E-state index in [4.69, 9.17) is 9.72 Å². The number of anilines is 1. The third-order valence-corrected chi connectivity index (χ3v) is 10.2. The third kappa shape index (κ3) is 5.54. The van der Waals surface area contributed by atoms with Crippen molar-refractivity contribution < 1.29 is 14.3 Å². The van der Waals surface area contributed by atoms with Crippen molar-refractivity contribution in [3.05, 3.63) is 92.4 Å². The van der Waals surface area contributed by atoms with E-state index in [0.29, 0.717) is 38.3 Å². The van der Waals surface area contributed by atoms with Crippen LogP contribution < -0.4 is 10.9 Å². The van der Waals surface area contributed by atoms with Gasteiger partial charge in [-0.05, 0) is 55.4 Å². The smallest absolute Gasteiger partial charge is 0.341 e. The van der Waals surface area contributed by atoms with E-state index in [-0.39, 0.29) is 23.8 Å². The van der Waals surface area contributed by atoms with Gasteiger partial charge in [0.2, 0.25) is 5.91 Å². The van der Waals surface area contributed by atoms with Gasteiger partial charge in [-0.2, -0.15) is 0 Å². The molecule has 0 fully saturated rings. The molecule has 3 heterocycles. The van der Waals surface area contributed by atoms with Crippen LogP contribution in [0.15, 0.2) is 76.0 Å². The van der Waals surface area contributed by atoms with Gasteiger partial charge in [-0.25, -0.2) is 9.78 Å². The molecular weight excluding hydrogens is 587 g/mol. The second-order valence-electron chi connectivity index (χ2n) is 10.2. The van der Waals surface area contributed by atoms with Crippen LogP contribution >= 0.6 is 34.4 Å². The number of nitrogens with one attached hydrogen (secondary N) is 1. The molecule has 0 spiro atoms. The molecule has 1 aliphatic rings. The van der Waals surface area contributed by atoms with E-state index in [1.165, 1.54) is 28.0 Å². The number of rotatable bonds is 8. The SMILES string of the molecule is CCOC(=O)c1c(-c2ccccc2)csc1NC(=O)CSc1nc2sc3c(c2c(=O)n1-c1ccccc1)CCC(C)C3. The number of hydrogen-bond acceptors (Lipinski definition) is 8. The molecule has 1 aliphatic carbocycles. The molecule has 2 aromatic carbocycles. The van der Waals surface area contributed by atoms with Gasteiger partial charge in [0, 0.05) is 15.8 Å². The summed E-state index contributed by atoms with van der Waals surface area (Å²) in [7, 11) is 0. The fraction of sp³-hybridized carbons (Fsp3) is 0.250. The molecule has 214 valence electrons. The Kier molecular flexibility index (Phi) is 8.28. The number of thiophene rings is 2. The van der Waals surface area contributed by atoms with E-state index in [1.54, 1.807) is 22.8 Å². The van der Waals surface area contributed by atoms with Crippen LogP contribution in [0.4, 0.5) is 5.00 Å². The number of esters is 1. The van der Waals surface area contributed by atoms with Crippen molar-refractivity contribution in [3.63, 3.8) is 0 Å². The van der Waals surface area contributed by atoms with Crippen molar-refractivity contribution in [2.24, 2.45) is 5.92 Å². The highest BCUT2D eigenvalue weighted by atomic mass is 32.2. The molecule has 1 unspecified atom stereocenters. The summed E-state index contributed by atoms with van der Waals surface area (Å²) in [6.45, 7) is 4.22. The maximum Gasteiger partial charge on any atom is 0.341 e. The summed E-state index contributed by atoms with van der Waals surface area (Å²) >= 11 is 4.09. The standard InChI is InChI=1S/C32H29N3O4S3/c1-3-39-31(38)27-23(20-10-6-4-7-11-20)17-40-28(27)33-25(36)18-41-32-34-29-26(22-15-14-19(2)16-24(22)42-29)30(37)35(32)21-12-8-5-9-13-21/h4-13,17,19H,3,14-16,18H2,1-2H3,(H,33,36). The summed E-state index contributed by atoms with van der Waals surface area (Å²) < 4.78 is 6.94. The zero-order valence-corrected chi connectivity index (χ0v) is 25.7. The van der Waals surface area contributed by atoms with Crippen molar-refractivity contribution in [2.45, 2.75) is 38.3 Å². The molecule has 42 heavy (non-hydrogen) atoms. The Morgan fingerprint density at radius 2 is 1.86 bits per heavy atom. The second kappa shape index (κ2) is 12.2. The fourth-order valence-electron chi connectivity index (χ4n) is 5.25. The van der Waals surface area contributed by atoms with E-state index >= 15 is 0 Å². The lowest BCUT2D eigenvalue weighted by Gasteiger charge is -2.17. The topological polar surface area (TPSA) is 90.3 Å². The van der Waals surface area contributed by atoms with E-state index in [1.807, 2.05) is 66.0 Å². The highest BCUT2D eigenvalue weighted by molar-refractivity contribution is 7.99. The number of benzene rings is 2. The molecule has 0 saturated heterocycles. The molecule has 1 atom stereocenters. The lowest BCUT2D eigenvalue weighted by molar-refractivity contribution is -0.113. The number of carbonyl (C=O) groups is 2. The van der Waals surface area contributed by atoms with Crippen LogP contribution in [0.3, 0.4) is 0 Å². The van der Waals surface area contributed by atoms with Gasteiger partial charge in [-0.15, -0.1) is 22.7 Å². The Labute approximate surface area is 255 Å². The number of amides is 1. The quantitative estimate of drug-likeness (QED) is 0.113. The maximum absolute atomic E-state index is 14.0. The van der Waals surface area contributed by atoms with Crippen molar-refractivity contribution in [3.8, 4) is 16.8 Å². The van der Waals surface area contributed by atoms with Crippen LogP contribution in [0, 0.1) is 5.92 Å². The molecule has 0 saturated carbocycles. The van der Waals surface area contributed by atoms with Crippen LogP contribution in [0.25, 0.3) is 27.0 Å². The summed E-state index contributed by atoms with van der Waals surface area (Å²) in [5.41, 5.74) is 3.65. The number of aryl methyl sites for hydroxylation is 1. The van der Waals surface area contributed by atoms with Crippen LogP contribution in [0.5, 0.6) is 0 Å². The van der Waals surface area contributed by atoms with Gasteiger partial charge in [0.15, 0.2) is 5.16 Å². The molecule has 0 aliphatic heterocycles. The number of hydrogen-bond donors (Lipinski definition) is 1. The number of fused-ring (bicyclic) bond motifs is 3. The van der Waals surface area contributed by atoms with Crippen LogP contribution in [-0.2, 0) is 22.4 Å². The minimum absolute atomic E-state index is 0.00768. The van der Waals surface area contributed by atoms with E-state index < -0.39 is 5.97 Å². The first-order valence-electron chi connectivity index (χ1n) is 13.8. The number of nitrogens with zero attached hydrogens (tertiary/aromatic N) is 2. The lowest BCUT2D eigenvalue weighted by Crippen LogP contribution is -2.23. The van der Waals surface area contributed by atoms with E-state index in [2.05, 4.69) is 12.2 Å². The fourth-order valence-corrected chi connectivity index (χ4v) is 8.46. The zero-order valence-electron chi connectivity index (χ0n) is 23.2. The Balaban J connectivity index is 1.31. The number of aromatic nitrogens is 2. The van der Waals surface area contributed by atoms with Gasteiger partial charge in [0.25, 0.3) is 5.56 Å². The van der Waals surface area contributed by atoms with Crippen LogP contribution in [0.2, 0.25) is 0 Å². The van der Waals surface area contributed by atoms with Crippen molar-refractivity contribution in [1.29, 1.82) is 0 Å². The number of para-hydroxylation sites is 1. The Morgan fingerprint density at radius 3 is 2.60 bits per heavy atom. The van der Waals surface area contributed by atoms with Gasteiger partial charge in [-0.3, -0.25) is 14.2 Å². The van der Waals surface area contributed by atoms with E-state index in [9.17, 15) is 14.4 Å². The largest absolute Gasteiger partial charge is 0.462 e. The first-order chi connectivity index (χ1) is 20.4. The average Bonchev–Trinajstić information content (AvgIpc) is 3.58. The first kappa shape index (κ1) is 28.4. The van der Waals surface area contributed by atoms with Gasteiger partial charge in [0.05, 0.1) is 23.4 Å². The molecule has 7 nitrogen and oxygen atoms in total. The minimum atomic E-state index is -0.485. The molecule has 0 radical (unpaired) electrons. The Bertz CT molecular complexity index is 1830. The third-order valence-electron chi connectivity index (χ3n) is 7.25. The number of carbonyl (C=O) groups excluding carboxylic acids is 2. The molecule has 10 heteroatoms. The summed E-state index contributed by atoms with van der Waals surface area (Å²) in [5.74, 6) is -0.200. The Hall–Kier alpha value is -3.73. The number of thioether (sulfide) groups is 1. The summed E-state index contributed by atoms with van der Waals surface area (Å²) in [6, 6.07) is 19.0. The zero-order chi connectivity index (χ0) is 29.2. The van der Waals surface area contributed by atoms with Crippen LogP contribution in [0.1, 0.15) is 41.1 Å². The summed E-state index contributed by atoms with van der Waals surface area (Å²) in [4.78, 5) is 47.1. The molecule has 5 aromatic rings. The first-order valence-corrected chi connectivity index (χ1v) is 16.5. The van der Waals surface area contributed by atoms with Crippen molar-refractivity contribution >= 4 is 61.5 Å². The average molecular weight is 616 g/mol. The predicted molar refractivity (Wildman–Crippen MR) is 171 cm³/mol. The molecule has 6 rings (SSSR count). The molecule has 1 amide bonds. The summed E-state index contributed by atoms with van der Waals surface area (Å²) in [5, 5.41) is 6.36. The summed E-state index contributed by atoms with van der Waals surface area (Å²) in [6.07, 6.45) is 2.90. The van der Waals surface area contributed by atoms with Crippen molar-refractivity contribution in [1.82, 2.24) is 9.55 Å². The molecule has 0 bridgehead atoms. The normalized spacial score (nSPS) is 14.5. The second-order valence-corrected chi connectivity index (χ2v) is 13.1. The van der Waals surface area contributed by atoms with Gasteiger partial charge < -0.3 is 10.1 Å². The van der Waals surface area contributed by atoms with Crippen LogP contribution in [-0.4, -0.2) is 33.8 Å². The molecular formula is C32H29N3O4S3. The van der Waals surface area contributed by atoms with Gasteiger partial charge in [0.1, 0.15) is 15.4 Å². The number of ether oxygens (including phenoxy) is 1. The molecule has 3 aromatic heterocycles. The predicted octanol–water partition coefficient (Wildman–Crippen LogP) is 7.21. The van der Waals surface area contributed by atoms with Crippen molar-refractivity contribution in [2.75, 3.05) is 17.7 Å². The maximum atomic E-state index is 14.0. The van der Waals surface area contributed by atoms with E-state index in [0.717, 1.165) is 35.2 Å². The highest BCUT2D eigenvalue weighted by Gasteiger charge is 2.26. The highest BCUT2D eigenvalue weighted by Crippen LogP contribution is 2.38. The lowest BCUT2D eigenvalue weighted by atomic mass is 9.89. The van der Waals surface area contributed by atoms with Gasteiger partial charge >= 0.3 is 5.97 Å². The molecule has 1 N–H and O–H groups in total. The van der Waals surface area contributed by atoms with Gasteiger partial charge in [-0.1, -0.05) is 67.2 Å². The Morgan fingerprint density at radius 1 is 1.12 bits per heavy atom. The monoisotopic (exact) mass is 615 g/mol.